The van der Waals surface area contributed by atoms with Gasteiger partial charge in [0.15, 0.2) is 0 Å². The summed E-state index contributed by atoms with van der Waals surface area (Å²) in [7, 11) is 1.73. The standard InChI is InChI=1S/C13H18ClN5O/c1-4-18-7-10(6-15-18)13(20)17(3)9-12-11(14)8-19(5-2)16-12/h6-8H,4-5,9H2,1-3H3. The molecule has 2 aromatic rings. The summed E-state index contributed by atoms with van der Waals surface area (Å²) in [6, 6.07) is 0. The van der Waals surface area contributed by atoms with E-state index in [1.54, 1.807) is 39.9 Å². The lowest BCUT2D eigenvalue weighted by molar-refractivity contribution is 0.0783. The summed E-state index contributed by atoms with van der Waals surface area (Å²) < 4.78 is 3.48. The van der Waals surface area contributed by atoms with Crippen molar-refractivity contribution in [2.24, 2.45) is 0 Å². The van der Waals surface area contributed by atoms with Crippen LogP contribution in [-0.4, -0.2) is 37.4 Å². The van der Waals surface area contributed by atoms with E-state index in [1.165, 1.54) is 0 Å². The Morgan fingerprint density at radius 3 is 2.55 bits per heavy atom. The van der Waals surface area contributed by atoms with Gasteiger partial charge < -0.3 is 4.90 Å². The van der Waals surface area contributed by atoms with Gasteiger partial charge in [0.25, 0.3) is 5.91 Å². The van der Waals surface area contributed by atoms with Crippen molar-refractivity contribution in [3.05, 3.63) is 34.9 Å². The van der Waals surface area contributed by atoms with Gasteiger partial charge in [-0.05, 0) is 13.8 Å². The molecule has 0 fully saturated rings. The number of hydrogen-bond acceptors (Lipinski definition) is 3. The summed E-state index contributed by atoms with van der Waals surface area (Å²) in [6.07, 6.45) is 5.09. The van der Waals surface area contributed by atoms with Crippen molar-refractivity contribution in [3.8, 4) is 0 Å². The van der Waals surface area contributed by atoms with Crippen molar-refractivity contribution in [1.29, 1.82) is 0 Å². The van der Waals surface area contributed by atoms with Gasteiger partial charge in [-0.3, -0.25) is 14.2 Å². The van der Waals surface area contributed by atoms with Gasteiger partial charge in [-0.25, -0.2) is 0 Å². The van der Waals surface area contributed by atoms with Crippen LogP contribution >= 0.6 is 11.6 Å². The van der Waals surface area contributed by atoms with Crippen LogP contribution in [0.1, 0.15) is 29.9 Å². The maximum Gasteiger partial charge on any atom is 0.257 e. The van der Waals surface area contributed by atoms with Crippen molar-refractivity contribution in [3.63, 3.8) is 0 Å². The normalized spacial score (nSPS) is 10.8. The van der Waals surface area contributed by atoms with Gasteiger partial charge in [0, 0.05) is 32.5 Å². The molecule has 0 bridgehead atoms. The van der Waals surface area contributed by atoms with Gasteiger partial charge >= 0.3 is 0 Å². The van der Waals surface area contributed by atoms with Crippen molar-refractivity contribution in [2.45, 2.75) is 33.5 Å². The average molecular weight is 296 g/mol. The molecule has 6 nitrogen and oxygen atoms in total. The van der Waals surface area contributed by atoms with Gasteiger partial charge in [-0.1, -0.05) is 11.6 Å². The molecule has 1 amide bonds. The number of carbonyl (C=O) groups excluding carboxylic acids is 1. The number of amides is 1. The molecule has 0 aliphatic carbocycles. The maximum atomic E-state index is 12.3. The Hall–Kier alpha value is -1.82. The number of rotatable bonds is 5. The monoisotopic (exact) mass is 295 g/mol. The second-order valence-corrected chi connectivity index (χ2v) is 4.93. The van der Waals surface area contributed by atoms with E-state index in [0.717, 1.165) is 13.1 Å². The van der Waals surface area contributed by atoms with Crippen molar-refractivity contribution in [1.82, 2.24) is 24.5 Å². The van der Waals surface area contributed by atoms with E-state index in [1.807, 2.05) is 13.8 Å². The van der Waals surface area contributed by atoms with Crippen LogP contribution in [0.4, 0.5) is 0 Å². The molecule has 2 aromatic heterocycles. The Bertz CT molecular complexity index is 604. The smallest absolute Gasteiger partial charge is 0.257 e. The zero-order valence-electron chi connectivity index (χ0n) is 11.9. The molecule has 0 saturated carbocycles. The molecule has 0 spiro atoms. The Morgan fingerprint density at radius 2 is 2.00 bits per heavy atom. The van der Waals surface area contributed by atoms with E-state index >= 15 is 0 Å². The minimum atomic E-state index is -0.0909. The largest absolute Gasteiger partial charge is 0.336 e. The lowest BCUT2D eigenvalue weighted by atomic mass is 10.3. The Morgan fingerprint density at radius 1 is 1.30 bits per heavy atom. The number of carbonyl (C=O) groups is 1. The van der Waals surface area contributed by atoms with Crippen molar-refractivity contribution in [2.75, 3.05) is 7.05 Å². The lowest BCUT2D eigenvalue weighted by Crippen LogP contribution is -2.26. The molecule has 0 aromatic carbocycles. The molecule has 7 heteroatoms. The quantitative estimate of drug-likeness (QED) is 0.848. The predicted molar refractivity (Wildman–Crippen MR) is 76.6 cm³/mol. The third-order valence-corrected chi connectivity index (χ3v) is 3.36. The molecule has 2 rings (SSSR count). The summed E-state index contributed by atoms with van der Waals surface area (Å²) in [5.41, 5.74) is 1.27. The highest BCUT2D eigenvalue weighted by molar-refractivity contribution is 6.31. The van der Waals surface area contributed by atoms with Crippen LogP contribution in [0, 0.1) is 0 Å². The summed E-state index contributed by atoms with van der Waals surface area (Å²) in [5, 5.41) is 9.02. The third kappa shape index (κ3) is 3.01. The second kappa shape index (κ2) is 6.09. The number of aryl methyl sites for hydroxylation is 2. The van der Waals surface area contributed by atoms with Gasteiger partial charge in [0.1, 0.15) is 5.69 Å². The topological polar surface area (TPSA) is 56.0 Å². The number of hydrogen-bond donors (Lipinski definition) is 0. The molecule has 2 heterocycles. The van der Waals surface area contributed by atoms with Gasteiger partial charge in [0.2, 0.25) is 0 Å². The number of halogens is 1. The maximum absolute atomic E-state index is 12.3. The van der Waals surface area contributed by atoms with Crippen LogP contribution < -0.4 is 0 Å². The van der Waals surface area contributed by atoms with E-state index in [4.69, 9.17) is 11.6 Å². The second-order valence-electron chi connectivity index (χ2n) is 4.53. The van der Waals surface area contributed by atoms with E-state index in [-0.39, 0.29) is 5.91 Å². The highest BCUT2D eigenvalue weighted by atomic mass is 35.5. The van der Waals surface area contributed by atoms with Crippen LogP contribution in [0.2, 0.25) is 5.02 Å². The van der Waals surface area contributed by atoms with Gasteiger partial charge in [-0.2, -0.15) is 10.2 Å². The first-order valence-corrected chi connectivity index (χ1v) is 6.92. The fourth-order valence-electron chi connectivity index (χ4n) is 1.87. The van der Waals surface area contributed by atoms with Crippen molar-refractivity contribution >= 4 is 17.5 Å². The fraction of sp³-hybridized carbons (Fsp3) is 0.462. The first kappa shape index (κ1) is 14.6. The van der Waals surface area contributed by atoms with Gasteiger partial charge in [-0.15, -0.1) is 0 Å². The first-order valence-electron chi connectivity index (χ1n) is 6.54. The highest BCUT2D eigenvalue weighted by Gasteiger charge is 2.17. The zero-order chi connectivity index (χ0) is 14.7. The summed E-state index contributed by atoms with van der Waals surface area (Å²) in [6.45, 7) is 5.83. The van der Waals surface area contributed by atoms with Crippen LogP contribution in [-0.2, 0) is 19.6 Å². The third-order valence-electron chi connectivity index (χ3n) is 3.05. The molecule has 0 saturated heterocycles. The van der Waals surface area contributed by atoms with Crippen LogP contribution in [0.25, 0.3) is 0 Å². The molecule has 0 unspecified atom stereocenters. The first-order chi connectivity index (χ1) is 9.55. The SMILES string of the molecule is CCn1cc(C(=O)N(C)Cc2nn(CC)cc2Cl)cn1. The molecule has 20 heavy (non-hydrogen) atoms. The Kier molecular flexibility index (Phi) is 4.44. The van der Waals surface area contributed by atoms with Gasteiger partial charge in [0.05, 0.1) is 23.3 Å². The minimum absolute atomic E-state index is 0.0909. The van der Waals surface area contributed by atoms with Crippen LogP contribution in [0.3, 0.4) is 0 Å². The molecule has 0 atom stereocenters. The summed E-state index contributed by atoms with van der Waals surface area (Å²) in [4.78, 5) is 13.8. The van der Waals surface area contributed by atoms with Crippen LogP contribution in [0.15, 0.2) is 18.6 Å². The average Bonchev–Trinajstić information content (AvgIpc) is 3.05. The predicted octanol–water partition coefficient (Wildman–Crippen LogP) is 2.04. The summed E-state index contributed by atoms with van der Waals surface area (Å²) >= 11 is 6.11. The molecular weight excluding hydrogens is 278 g/mol. The number of aromatic nitrogens is 4. The Labute approximate surface area is 122 Å². The van der Waals surface area contributed by atoms with Crippen molar-refractivity contribution < 1.29 is 4.79 Å². The highest BCUT2D eigenvalue weighted by Crippen LogP contribution is 2.16. The summed E-state index contributed by atoms with van der Waals surface area (Å²) in [5.74, 6) is -0.0909. The van der Waals surface area contributed by atoms with E-state index < -0.39 is 0 Å². The molecule has 0 aliphatic heterocycles. The van der Waals surface area contributed by atoms with E-state index in [2.05, 4.69) is 10.2 Å². The van der Waals surface area contributed by atoms with E-state index in [0.29, 0.717) is 22.8 Å². The molecule has 108 valence electrons. The molecule has 0 radical (unpaired) electrons. The number of nitrogens with zero attached hydrogens (tertiary/aromatic N) is 5. The van der Waals surface area contributed by atoms with Crippen LogP contribution in [0.5, 0.6) is 0 Å². The molecule has 0 N–H and O–H groups in total. The molecular formula is C13H18ClN5O. The Balaban J connectivity index is 2.08. The fourth-order valence-corrected chi connectivity index (χ4v) is 2.08. The lowest BCUT2D eigenvalue weighted by Gasteiger charge is -2.14. The molecule has 0 aliphatic rings. The van der Waals surface area contributed by atoms with E-state index in [9.17, 15) is 4.79 Å². The zero-order valence-corrected chi connectivity index (χ0v) is 12.6. The minimum Gasteiger partial charge on any atom is -0.336 e.